The Morgan fingerprint density at radius 2 is 2.10 bits per heavy atom. The lowest BCUT2D eigenvalue weighted by Crippen LogP contribution is -2.58. The van der Waals surface area contributed by atoms with E-state index in [9.17, 15) is 0 Å². The lowest BCUT2D eigenvalue weighted by atomic mass is 9.95. The molecular formula is C15H28N4O. The summed E-state index contributed by atoms with van der Waals surface area (Å²) in [6, 6.07) is 1.11. The van der Waals surface area contributed by atoms with E-state index in [0.717, 1.165) is 31.4 Å². The van der Waals surface area contributed by atoms with Crippen LogP contribution < -0.4 is 5.32 Å². The quantitative estimate of drug-likeness (QED) is 0.896. The monoisotopic (exact) mass is 280 g/mol. The van der Waals surface area contributed by atoms with Gasteiger partial charge in [-0.15, -0.1) is 0 Å². The summed E-state index contributed by atoms with van der Waals surface area (Å²) in [4.78, 5) is 6.86. The molecule has 0 aliphatic carbocycles. The number of hydrogen-bond donors (Lipinski definition) is 1. The largest absolute Gasteiger partial charge is 0.340 e. The second kappa shape index (κ2) is 6.68. The summed E-state index contributed by atoms with van der Waals surface area (Å²) in [6.45, 7) is 13.9. The van der Waals surface area contributed by atoms with Gasteiger partial charge in [0.2, 0.25) is 5.89 Å². The maximum atomic E-state index is 5.09. The summed E-state index contributed by atoms with van der Waals surface area (Å²) in [5.74, 6) is 2.79. The molecule has 2 atom stereocenters. The van der Waals surface area contributed by atoms with Crippen LogP contribution in [0.3, 0.4) is 0 Å². The molecule has 20 heavy (non-hydrogen) atoms. The summed E-state index contributed by atoms with van der Waals surface area (Å²) in [5.41, 5.74) is 0. The van der Waals surface area contributed by atoms with Crippen LogP contribution in [0.1, 0.15) is 45.8 Å². The van der Waals surface area contributed by atoms with Crippen molar-refractivity contribution in [3.63, 3.8) is 0 Å². The van der Waals surface area contributed by atoms with Gasteiger partial charge in [-0.1, -0.05) is 32.9 Å². The van der Waals surface area contributed by atoms with Crippen LogP contribution in [0, 0.1) is 18.8 Å². The average molecular weight is 280 g/mol. The number of aromatic nitrogens is 2. The number of nitrogens with one attached hydrogen (secondary N) is 1. The third-order valence-electron chi connectivity index (χ3n) is 3.98. The van der Waals surface area contributed by atoms with Crippen LogP contribution in [0.4, 0.5) is 0 Å². The molecule has 1 saturated heterocycles. The number of hydrogen-bond acceptors (Lipinski definition) is 5. The molecule has 1 aromatic heterocycles. The van der Waals surface area contributed by atoms with Crippen LogP contribution in [0.15, 0.2) is 4.52 Å². The highest BCUT2D eigenvalue weighted by Gasteiger charge is 2.30. The fourth-order valence-corrected chi connectivity index (χ4v) is 3.05. The van der Waals surface area contributed by atoms with Gasteiger partial charge in [-0.3, -0.25) is 4.90 Å². The van der Waals surface area contributed by atoms with Gasteiger partial charge < -0.3 is 9.84 Å². The van der Waals surface area contributed by atoms with Gasteiger partial charge in [-0.25, -0.2) is 0 Å². The summed E-state index contributed by atoms with van der Waals surface area (Å²) in [5, 5.41) is 7.74. The van der Waals surface area contributed by atoms with Crippen molar-refractivity contribution in [1.82, 2.24) is 20.4 Å². The smallest absolute Gasteiger partial charge is 0.223 e. The highest BCUT2D eigenvalue weighted by atomic mass is 16.5. The van der Waals surface area contributed by atoms with Crippen molar-refractivity contribution in [2.45, 2.75) is 59.7 Å². The van der Waals surface area contributed by atoms with Gasteiger partial charge in [0, 0.05) is 32.1 Å². The van der Waals surface area contributed by atoms with E-state index in [4.69, 9.17) is 4.52 Å². The van der Waals surface area contributed by atoms with Crippen molar-refractivity contribution in [3.8, 4) is 0 Å². The Morgan fingerprint density at radius 3 is 2.65 bits per heavy atom. The maximum Gasteiger partial charge on any atom is 0.223 e. The van der Waals surface area contributed by atoms with Crippen LogP contribution >= 0.6 is 0 Å². The molecule has 2 rings (SSSR count). The van der Waals surface area contributed by atoms with Crippen LogP contribution in [0.25, 0.3) is 0 Å². The van der Waals surface area contributed by atoms with E-state index >= 15 is 0 Å². The van der Waals surface area contributed by atoms with Crippen molar-refractivity contribution in [3.05, 3.63) is 11.7 Å². The van der Waals surface area contributed by atoms with E-state index in [0.29, 0.717) is 23.9 Å². The summed E-state index contributed by atoms with van der Waals surface area (Å²) >= 11 is 0. The molecule has 5 nitrogen and oxygen atoms in total. The maximum absolute atomic E-state index is 5.09. The van der Waals surface area contributed by atoms with Gasteiger partial charge >= 0.3 is 0 Å². The zero-order valence-corrected chi connectivity index (χ0v) is 13.4. The third kappa shape index (κ3) is 4.03. The SMILES string of the molecule is Cc1nc(CN2CC(CC(C)C)NCC2C(C)C)no1. The van der Waals surface area contributed by atoms with Crippen LogP contribution in [0.2, 0.25) is 0 Å². The summed E-state index contributed by atoms with van der Waals surface area (Å²) in [7, 11) is 0. The van der Waals surface area contributed by atoms with Gasteiger partial charge in [-0.2, -0.15) is 4.98 Å². The predicted octanol–water partition coefficient (Wildman–Crippen LogP) is 2.22. The van der Waals surface area contributed by atoms with Gasteiger partial charge in [0.1, 0.15) is 0 Å². The lowest BCUT2D eigenvalue weighted by Gasteiger charge is -2.42. The van der Waals surface area contributed by atoms with Crippen molar-refractivity contribution in [2.24, 2.45) is 11.8 Å². The van der Waals surface area contributed by atoms with Crippen LogP contribution in [0.5, 0.6) is 0 Å². The summed E-state index contributed by atoms with van der Waals surface area (Å²) < 4.78 is 5.09. The van der Waals surface area contributed by atoms with Gasteiger partial charge in [0.15, 0.2) is 5.82 Å². The van der Waals surface area contributed by atoms with Crippen molar-refractivity contribution >= 4 is 0 Å². The molecular weight excluding hydrogens is 252 g/mol. The van der Waals surface area contributed by atoms with Crippen molar-refractivity contribution in [1.29, 1.82) is 0 Å². The first-order chi connectivity index (χ1) is 9.45. The van der Waals surface area contributed by atoms with Crippen molar-refractivity contribution in [2.75, 3.05) is 13.1 Å². The molecule has 5 heteroatoms. The highest BCUT2D eigenvalue weighted by Crippen LogP contribution is 2.20. The molecule has 1 aliphatic rings. The Balaban J connectivity index is 2.02. The van der Waals surface area contributed by atoms with E-state index in [1.54, 1.807) is 0 Å². The van der Waals surface area contributed by atoms with E-state index in [2.05, 4.69) is 48.1 Å². The Kier molecular flexibility index (Phi) is 5.16. The zero-order valence-electron chi connectivity index (χ0n) is 13.4. The molecule has 2 unspecified atom stereocenters. The molecule has 0 bridgehead atoms. The van der Waals surface area contributed by atoms with Crippen molar-refractivity contribution < 1.29 is 4.52 Å². The van der Waals surface area contributed by atoms with E-state index < -0.39 is 0 Å². The molecule has 2 heterocycles. The minimum absolute atomic E-state index is 0.539. The molecule has 0 radical (unpaired) electrons. The second-order valence-corrected chi connectivity index (χ2v) is 6.71. The number of rotatable bonds is 5. The Hall–Kier alpha value is -0.940. The molecule has 0 aromatic carbocycles. The third-order valence-corrected chi connectivity index (χ3v) is 3.98. The first-order valence-electron chi connectivity index (χ1n) is 7.72. The normalized spacial score (nSPS) is 24.8. The Bertz CT molecular complexity index is 416. The summed E-state index contributed by atoms with van der Waals surface area (Å²) in [6.07, 6.45) is 1.21. The minimum atomic E-state index is 0.539. The molecule has 1 aromatic rings. The van der Waals surface area contributed by atoms with E-state index in [-0.39, 0.29) is 0 Å². The van der Waals surface area contributed by atoms with Crippen LogP contribution in [-0.4, -0.2) is 40.2 Å². The first-order valence-corrected chi connectivity index (χ1v) is 7.72. The number of nitrogens with zero attached hydrogens (tertiary/aromatic N) is 3. The first kappa shape index (κ1) is 15.4. The predicted molar refractivity (Wildman–Crippen MR) is 79.3 cm³/mol. The van der Waals surface area contributed by atoms with Crippen LogP contribution in [-0.2, 0) is 6.54 Å². The zero-order chi connectivity index (χ0) is 14.7. The molecule has 0 spiro atoms. The Labute approximate surface area is 122 Å². The molecule has 0 amide bonds. The van der Waals surface area contributed by atoms with Gasteiger partial charge in [0.25, 0.3) is 0 Å². The Morgan fingerprint density at radius 1 is 1.35 bits per heavy atom. The minimum Gasteiger partial charge on any atom is -0.340 e. The van der Waals surface area contributed by atoms with Gasteiger partial charge in [0.05, 0.1) is 6.54 Å². The van der Waals surface area contributed by atoms with E-state index in [1.165, 1.54) is 6.42 Å². The second-order valence-electron chi connectivity index (χ2n) is 6.71. The fourth-order valence-electron chi connectivity index (χ4n) is 3.05. The number of aryl methyl sites for hydroxylation is 1. The number of piperazine rings is 1. The molecule has 1 N–H and O–H groups in total. The average Bonchev–Trinajstić information content (AvgIpc) is 2.73. The topological polar surface area (TPSA) is 54.2 Å². The molecule has 0 saturated carbocycles. The van der Waals surface area contributed by atoms with Gasteiger partial charge in [-0.05, 0) is 18.3 Å². The molecule has 114 valence electrons. The van der Waals surface area contributed by atoms with E-state index in [1.807, 2.05) is 6.92 Å². The molecule has 1 aliphatic heterocycles. The molecule has 1 fully saturated rings. The standard InChI is InChI=1S/C15H28N4O/c1-10(2)6-13-8-19(14(7-16-13)11(3)4)9-15-17-12(5)20-18-15/h10-11,13-14,16H,6-9H2,1-5H3. The highest BCUT2D eigenvalue weighted by molar-refractivity contribution is 4.92. The lowest BCUT2D eigenvalue weighted by molar-refractivity contribution is 0.0819. The fraction of sp³-hybridized carbons (Fsp3) is 0.867.